The van der Waals surface area contributed by atoms with Gasteiger partial charge >= 0.3 is 5.97 Å². The summed E-state index contributed by atoms with van der Waals surface area (Å²) in [4.78, 5) is 24.0. The zero-order valence-corrected chi connectivity index (χ0v) is 10.2. The number of nitrogens with zero attached hydrogens (tertiary/aromatic N) is 1. The summed E-state index contributed by atoms with van der Waals surface area (Å²) in [5.74, 6) is -1.45. The van der Waals surface area contributed by atoms with Crippen LogP contribution in [0.25, 0.3) is 0 Å². The Kier molecular flexibility index (Phi) is 2.82. The molecule has 0 radical (unpaired) electrons. The number of rotatable bonds is 2. The zero-order valence-electron chi connectivity index (χ0n) is 10.2. The predicted octanol–water partition coefficient (Wildman–Crippen LogP) is 1.30. The van der Waals surface area contributed by atoms with Gasteiger partial charge in [0.25, 0.3) is 0 Å². The topological polar surface area (TPSA) is 83.6 Å². The molecule has 5 heteroatoms. The lowest BCUT2D eigenvalue weighted by molar-refractivity contribution is -0.133. The molecule has 94 valence electrons. The van der Waals surface area contributed by atoms with Crippen molar-refractivity contribution in [2.45, 2.75) is 20.3 Å². The van der Waals surface area contributed by atoms with Gasteiger partial charge in [0, 0.05) is 0 Å². The van der Waals surface area contributed by atoms with E-state index in [1.165, 1.54) is 4.90 Å². The lowest BCUT2D eigenvalue weighted by atomic mass is 10.1. The number of hydrogen-bond donors (Lipinski definition) is 2. The molecule has 0 atom stereocenters. The van der Waals surface area contributed by atoms with E-state index in [0.717, 1.165) is 11.1 Å². The van der Waals surface area contributed by atoms with Crippen LogP contribution in [0, 0.1) is 13.8 Å². The van der Waals surface area contributed by atoms with Crippen LogP contribution in [0.3, 0.4) is 0 Å². The van der Waals surface area contributed by atoms with E-state index in [-0.39, 0.29) is 23.7 Å². The van der Waals surface area contributed by atoms with Gasteiger partial charge in [-0.25, -0.2) is 4.79 Å². The fraction of sp³-hybridized carbons (Fsp3) is 0.231. The maximum Gasteiger partial charge on any atom is 0.335 e. The monoisotopic (exact) mass is 246 g/mol. The smallest absolute Gasteiger partial charge is 0.335 e. The van der Waals surface area contributed by atoms with E-state index in [4.69, 9.17) is 10.8 Å². The van der Waals surface area contributed by atoms with Crippen molar-refractivity contribution in [1.29, 1.82) is 0 Å². The first-order valence-corrected chi connectivity index (χ1v) is 5.54. The number of carbonyl (C=O) groups is 2. The summed E-state index contributed by atoms with van der Waals surface area (Å²) in [5.41, 5.74) is 8.43. The molecule has 0 fully saturated rings. The van der Waals surface area contributed by atoms with E-state index in [1.54, 1.807) is 6.07 Å². The Labute approximate surface area is 105 Å². The van der Waals surface area contributed by atoms with Crippen LogP contribution in [-0.2, 0) is 9.59 Å². The zero-order chi connectivity index (χ0) is 13.4. The molecule has 0 unspecified atom stereocenters. The highest BCUT2D eigenvalue weighted by molar-refractivity contribution is 6.08. The van der Waals surface area contributed by atoms with Crippen molar-refractivity contribution >= 4 is 17.6 Å². The Bertz CT molecular complexity index is 576. The van der Waals surface area contributed by atoms with E-state index in [2.05, 4.69) is 0 Å². The molecule has 2 rings (SSSR count). The number of aliphatic carboxylic acids is 1. The fourth-order valence-electron chi connectivity index (χ4n) is 1.92. The number of carboxylic acid groups (broad SMARTS) is 1. The maximum absolute atomic E-state index is 11.8. The summed E-state index contributed by atoms with van der Waals surface area (Å²) in [6.07, 6.45) is -0.159. The van der Waals surface area contributed by atoms with Gasteiger partial charge in [0.1, 0.15) is 5.82 Å². The first kappa shape index (κ1) is 12.2. The van der Waals surface area contributed by atoms with E-state index in [0.29, 0.717) is 5.69 Å². The van der Waals surface area contributed by atoms with Crippen LogP contribution in [0.4, 0.5) is 5.69 Å². The van der Waals surface area contributed by atoms with Crippen molar-refractivity contribution in [2.75, 3.05) is 4.90 Å². The molecule has 0 saturated carbocycles. The van der Waals surface area contributed by atoms with E-state index >= 15 is 0 Å². The minimum Gasteiger partial charge on any atom is -0.478 e. The number of nitrogens with two attached hydrogens (primary N) is 1. The number of carboxylic acids is 1. The normalized spacial score (nSPS) is 15.4. The molecule has 0 aliphatic carbocycles. The standard InChI is InChI=1S/C13H14N2O3/c1-7-3-4-9(5-8(7)2)15-11(16)6-10(12(15)14)13(17)18/h3-5H,6,14H2,1-2H3,(H,17,18). The molecule has 18 heavy (non-hydrogen) atoms. The van der Waals surface area contributed by atoms with E-state index < -0.39 is 5.97 Å². The number of carbonyl (C=O) groups excluding carboxylic acids is 1. The fourth-order valence-corrected chi connectivity index (χ4v) is 1.92. The molecule has 0 saturated heterocycles. The third-order valence-corrected chi connectivity index (χ3v) is 3.13. The summed E-state index contributed by atoms with van der Waals surface area (Å²) in [5, 5.41) is 8.95. The van der Waals surface area contributed by atoms with Crippen LogP contribution < -0.4 is 10.6 Å². The van der Waals surface area contributed by atoms with Gasteiger partial charge in [-0.05, 0) is 37.1 Å². The SMILES string of the molecule is Cc1ccc(N2C(=O)CC(C(=O)O)=C2N)cc1C. The van der Waals surface area contributed by atoms with Crippen molar-refractivity contribution in [1.82, 2.24) is 0 Å². The average Bonchev–Trinajstić information content (AvgIpc) is 2.59. The third-order valence-electron chi connectivity index (χ3n) is 3.13. The Morgan fingerprint density at radius 3 is 2.50 bits per heavy atom. The summed E-state index contributed by atoms with van der Waals surface area (Å²) in [6.45, 7) is 3.89. The number of hydrogen-bond acceptors (Lipinski definition) is 3. The van der Waals surface area contributed by atoms with Gasteiger partial charge in [-0.15, -0.1) is 0 Å². The van der Waals surface area contributed by atoms with Crippen LogP contribution in [0.15, 0.2) is 29.6 Å². The molecule has 0 bridgehead atoms. The third kappa shape index (κ3) is 1.84. The first-order chi connectivity index (χ1) is 8.41. The van der Waals surface area contributed by atoms with E-state index in [1.807, 2.05) is 26.0 Å². The molecule has 0 aromatic heterocycles. The van der Waals surface area contributed by atoms with E-state index in [9.17, 15) is 9.59 Å². The highest BCUT2D eigenvalue weighted by Gasteiger charge is 2.33. The lowest BCUT2D eigenvalue weighted by Gasteiger charge is -2.18. The highest BCUT2D eigenvalue weighted by Crippen LogP contribution is 2.28. The second-order valence-corrected chi connectivity index (χ2v) is 4.34. The minimum absolute atomic E-state index is 0.00996. The Balaban J connectivity index is 2.47. The van der Waals surface area contributed by atoms with Gasteiger partial charge in [-0.3, -0.25) is 9.69 Å². The van der Waals surface area contributed by atoms with Crippen LogP contribution in [0.2, 0.25) is 0 Å². The first-order valence-electron chi connectivity index (χ1n) is 5.54. The molecular weight excluding hydrogens is 232 g/mol. The molecule has 1 amide bonds. The van der Waals surface area contributed by atoms with Gasteiger partial charge in [0.05, 0.1) is 17.7 Å². The molecule has 1 heterocycles. The lowest BCUT2D eigenvalue weighted by Crippen LogP contribution is -2.28. The second kappa shape index (κ2) is 4.18. The van der Waals surface area contributed by atoms with Gasteiger partial charge < -0.3 is 10.8 Å². The van der Waals surface area contributed by atoms with Crippen molar-refractivity contribution in [2.24, 2.45) is 5.73 Å². The van der Waals surface area contributed by atoms with Crippen molar-refractivity contribution < 1.29 is 14.7 Å². The molecule has 0 spiro atoms. The molecular formula is C13H14N2O3. The molecule has 1 aromatic carbocycles. The Morgan fingerprint density at radius 2 is 2.00 bits per heavy atom. The Morgan fingerprint density at radius 1 is 1.33 bits per heavy atom. The number of aryl methyl sites for hydroxylation is 2. The molecule has 1 aromatic rings. The maximum atomic E-state index is 11.8. The van der Waals surface area contributed by atoms with Crippen molar-refractivity contribution in [3.63, 3.8) is 0 Å². The second-order valence-electron chi connectivity index (χ2n) is 4.34. The minimum atomic E-state index is -1.15. The summed E-state index contributed by atoms with van der Waals surface area (Å²) in [7, 11) is 0. The Hall–Kier alpha value is -2.30. The van der Waals surface area contributed by atoms with Crippen molar-refractivity contribution in [3.05, 3.63) is 40.7 Å². The van der Waals surface area contributed by atoms with Gasteiger partial charge in [0.15, 0.2) is 0 Å². The summed E-state index contributed by atoms with van der Waals surface area (Å²) >= 11 is 0. The molecule has 1 aliphatic rings. The van der Waals surface area contributed by atoms with Crippen LogP contribution in [0.1, 0.15) is 17.5 Å². The van der Waals surface area contributed by atoms with Crippen LogP contribution in [-0.4, -0.2) is 17.0 Å². The quantitative estimate of drug-likeness (QED) is 0.823. The van der Waals surface area contributed by atoms with Gasteiger partial charge in [-0.2, -0.15) is 0 Å². The van der Waals surface area contributed by atoms with Crippen molar-refractivity contribution in [3.8, 4) is 0 Å². The predicted molar refractivity (Wildman–Crippen MR) is 66.9 cm³/mol. The molecule has 5 nitrogen and oxygen atoms in total. The number of amides is 1. The van der Waals surface area contributed by atoms with Crippen LogP contribution >= 0.6 is 0 Å². The van der Waals surface area contributed by atoms with Gasteiger partial charge in [-0.1, -0.05) is 6.07 Å². The highest BCUT2D eigenvalue weighted by atomic mass is 16.4. The number of benzene rings is 1. The molecule has 3 N–H and O–H groups in total. The largest absolute Gasteiger partial charge is 0.478 e. The van der Waals surface area contributed by atoms with Gasteiger partial charge in [0.2, 0.25) is 5.91 Å². The van der Waals surface area contributed by atoms with Crippen LogP contribution in [0.5, 0.6) is 0 Å². The summed E-state index contributed by atoms with van der Waals surface area (Å²) in [6, 6.07) is 5.47. The molecule has 1 aliphatic heterocycles. The summed E-state index contributed by atoms with van der Waals surface area (Å²) < 4.78 is 0. The average molecular weight is 246 g/mol. The number of anilines is 1.